The average Bonchev–Trinajstić information content (AvgIpc) is 2.88. The Morgan fingerprint density at radius 1 is 1.41 bits per heavy atom. The number of nitrogens with zero attached hydrogens (tertiary/aromatic N) is 2. The zero-order valence-electron chi connectivity index (χ0n) is 9.24. The van der Waals surface area contributed by atoms with E-state index in [4.69, 9.17) is 17.3 Å². The van der Waals surface area contributed by atoms with Crippen LogP contribution in [0.3, 0.4) is 0 Å². The van der Waals surface area contributed by atoms with Crippen LogP contribution >= 0.6 is 11.6 Å². The zero-order chi connectivity index (χ0) is 12.0. The maximum absolute atomic E-state index is 6.22. The van der Waals surface area contributed by atoms with Gasteiger partial charge < -0.3 is 10.7 Å². The molecule has 2 heterocycles. The molecule has 86 valence electrons. The van der Waals surface area contributed by atoms with Crippen molar-refractivity contribution in [3.63, 3.8) is 0 Å². The second-order valence-corrected chi connectivity index (χ2v) is 4.37. The Kier molecular flexibility index (Phi) is 2.12. The average molecular weight is 247 g/mol. The fraction of sp³-hybridized carbons (Fsp3) is 0.0833. The molecule has 0 saturated carbocycles. The van der Waals surface area contributed by atoms with Gasteiger partial charge in [0, 0.05) is 29.7 Å². The Labute approximate surface area is 103 Å². The topological polar surface area (TPSA) is 59.6 Å². The fourth-order valence-electron chi connectivity index (χ4n) is 1.95. The van der Waals surface area contributed by atoms with Crippen LogP contribution in [0.4, 0.5) is 5.82 Å². The highest BCUT2D eigenvalue weighted by atomic mass is 35.5. The summed E-state index contributed by atoms with van der Waals surface area (Å²) in [5.74, 6) is 0.631. The molecule has 0 aliphatic rings. The number of aryl methyl sites for hydroxylation is 1. The summed E-state index contributed by atoms with van der Waals surface area (Å²) in [5.41, 5.74) is 8.81. The van der Waals surface area contributed by atoms with E-state index < -0.39 is 0 Å². The van der Waals surface area contributed by atoms with Crippen molar-refractivity contribution in [1.29, 1.82) is 0 Å². The van der Waals surface area contributed by atoms with Crippen molar-refractivity contribution < 1.29 is 0 Å². The number of nitrogens with two attached hydrogens (primary N) is 1. The molecule has 3 aromatic rings. The Bertz CT molecular complexity index is 696. The largest absolute Gasteiger partial charge is 0.383 e. The SMILES string of the molecule is Cn1ncc(-c2cc(Cl)c3cc[nH]c3c2)c1N. The summed E-state index contributed by atoms with van der Waals surface area (Å²) in [5, 5.41) is 5.85. The van der Waals surface area contributed by atoms with Gasteiger partial charge in [-0.1, -0.05) is 11.6 Å². The summed E-state index contributed by atoms with van der Waals surface area (Å²) in [6.07, 6.45) is 3.61. The normalized spacial score (nSPS) is 11.2. The van der Waals surface area contributed by atoms with Crippen LogP contribution in [0, 0.1) is 0 Å². The molecule has 0 aliphatic heterocycles. The first kappa shape index (κ1) is 10.2. The highest BCUT2D eigenvalue weighted by Gasteiger charge is 2.10. The lowest BCUT2D eigenvalue weighted by Crippen LogP contribution is -1.98. The number of hydrogen-bond donors (Lipinski definition) is 2. The summed E-state index contributed by atoms with van der Waals surface area (Å²) in [6.45, 7) is 0. The molecule has 0 unspecified atom stereocenters. The van der Waals surface area contributed by atoms with E-state index in [0.717, 1.165) is 22.0 Å². The van der Waals surface area contributed by atoms with Crippen LogP contribution in [0.2, 0.25) is 5.02 Å². The van der Waals surface area contributed by atoms with Gasteiger partial charge in [0.2, 0.25) is 0 Å². The number of aromatic amines is 1. The molecular formula is C12H11ClN4. The van der Waals surface area contributed by atoms with Crippen LogP contribution in [-0.2, 0) is 7.05 Å². The smallest absolute Gasteiger partial charge is 0.129 e. The van der Waals surface area contributed by atoms with Crippen molar-refractivity contribution >= 4 is 28.3 Å². The number of fused-ring (bicyclic) bond motifs is 1. The Hall–Kier alpha value is -1.94. The lowest BCUT2D eigenvalue weighted by atomic mass is 10.1. The predicted molar refractivity (Wildman–Crippen MR) is 69.9 cm³/mol. The van der Waals surface area contributed by atoms with E-state index in [-0.39, 0.29) is 0 Å². The first-order valence-corrected chi connectivity index (χ1v) is 5.59. The predicted octanol–water partition coefficient (Wildman–Crippen LogP) is 2.80. The molecule has 0 bridgehead atoms. The van der Waals surface area contributed by atoms with E-state index in [2.05, 4.69) is 10.1 Å². The van der Waals surface area contributed by atoms with Gasteiger partial charge in [-0.2, -0.15) is 5.10 Å². The molecule has 0 radical (unpaired) electrons. The third-order valence-electron chi connectivity index (χ3n) is 2.91. The lowest BCUT2D eigenvalue weighted by molar-refractivity contribution is 0.779. The van der Waals surface area contributed by atoms with Crippen molar-refractivity contribution in [2.45, 2.75) is 0 Å². The van der Waals surface area contributed by atoms with E-state index in [1.54, 1.807) is 10.9 Å². The number of anilines is 1. The first-order valence-electron chi connectivity index (χ1n) is 5.21. The molecule has 0 saturated heterocycles. The number of nitrogen functional groups attached to an aromatic ring is 1. The number of nitrogens with one attached hydrogen (secondary N) is 1. The van der Waals surface area contributed by atoms with Gasteiger partial charge in [-0.05, 0) is 23.8 Å². The summed E-state index contributed by atoms with van der Waals surface area (Å²) < 4.78 is 1.64. The number of H-pyrrole nitrogens is 1. The number of benzene rings is 1. The minimum atomic E-state index is 0.631. The van der Waals surface area contributed by atoms with Crippen molar-refractivity contribution in [3.8, 4) is 11.1 Å². The molecule has 0 atom stereocenters. The van der Waals surface area contributed by atoms with Crippen LogP contribution in [0.25, 0.3) is 22.0 Å². The Balaban J connectivity index is 2.27. The first-order chi connectivity index (χ1) is 8.16. The van der Waals surface area contributed by atoms with Crippen LogP contribution in [0.1, 0.15) is 0 Å². The van der Waals surface area contributed by atoms with E-state index >= 15 is 0 Å². The van der Waals surface area contributed by atoms with E-state index in [9.17, 15) is 0 Å². The molecule has 0 fully saturated rings. The fourth-order valence-corrected chi connectivity index (χ4v) is 2.23. The highest BCUT2D eigenvalue weighted by molar-refractivity contribution is 6.35. The van der Waals surface area contributed by atoms with Gasteiger partial charge in [-0.15, -0.1) is 0 Å². The summed E-state index contributed by atoms with van der Waals surface area (Å²) in [4.78, 5) is 3.14. The van der Waals surface area contributed by atoms with Crippen molar-refractivity contribution in [1.82, 2.24) is 14.8 Å². The van der Waals surface area contributed by atoms with Crippen molar-refractivity contribution in [2.24, 2.45) is 7.05 Å². The second kappa shape index (κ2) is 3.53. The van der Waals surface area contributed by atoms with E-state index in [1.807, 2.05) is 31.4 Å². The van der Waals surface area contributed by atoms with E-state index in [0.29, 0.717) is 10.8 Å². The Morgan fingerprint density at radius 3 is 2.94 bits per heavy atom. The van der Waals surface area contributed by atoms with Gasteiger partial charge in [0.05, 0.1) is 11.2 Å². The monoisotopic (exact) mass is 246 g/mol. The summed E-state index contributed by atoms with van der Waals surface area (Å²) in [7, 11) is 1.81. The summed E-state index contributed by atoms with van der Waals surface area (Å²) in [6, 6.07) is 5.88. The molecule has 17 heavy (non-hydrogen) atoms. The van der Waals surface area contributed by atoms with Crippen LogP contribution in [0.15, 0.2) is 30.6 Å². The van der Waals surface area contributed by atoms with Crippen LogP contribution in [0.5, 0.6) is 0 Å². The maximum atomic E-state index is 6.22. The Morgan fingerprint density at radius 2 is 2.24 bits per heavy atom. The van der Waals surface area contributed by atoms with Crippen LogP contribution < -0.4 is 5.73 Å². The van der Waals surface area contributed by atoms with Crippen LogP contribution in [-0.4, -0.2) is 14.8 Å². The number of rotatable bonds is 1. The molecule has 4 nitrogen and oxygen atoms in total. The van der Waals surface area contributed by atoms with Gasteiger partial charge in [0.15, 0.2) is 0 Å². The van der Waals surface area contributed by atoms with E-state index in [1.165, 1.54) is 0 Å². The third-order valence-corrected chi connectivity index (χ3v) is 3.23. The van der Waals surface area contributed by atoms with Gasteiger partial charge >= 0.3 is 0 Å². The number of halogens is 1. The summed E-state index contributed by atoms with van der Waals surface area (Å²) >= 11 is 6.22. The minimum absolute atomic E-state index is 0.631. The van der Waals surface area contributed by atoms with Gasteiger partial charge in [-0.3, -0.25) is 4.68 Å². The zero-order valence-corrected chi connectivity index (χ0v) is 9.99. The molecule has 0 spiro atoms. The maximum Gasteiger partial charge on any atom is 0.129 e. The van der Waals surface area contributed by atoms with Gasteiger partial charge in [-0.25, -0.2) is 0 Å². The second-order valence-electron chi connectivity index (χ2n) is 3.96. The molecule has 0 amide bonds. The number of aromatic nitrogens is 3. The third kappa shape index (κ3) is 1.49. The number of hydrogen-bond acceptors (Lipinski definition) is 2. The van der Waals surface area contributed by atoms with Crippen molar-refractivity contribution in [3.05, 3.63) is 35.6 Å². The quantitative estimate of drug-likeness (QED) is 0.694. The molecule has 1 aromatic carbocycles. The van der Waals surface area contributed by atoms with Gasteiger partial charge in [0.25, 0.3) is 0 Å². The minimum Gasteiger partial charge on any atom is -0.383 e. The molecule has 3 rings (SSSR count). The molecule has 2 aromatic heterocycles. The molecule has 5 heteroatoms. The van der Waals surface area contributed by atoms with Crippen molar-refractivity contribution in [2.75, 3.05) is 5.73 Å². The standard InChI is InChI=1S/C12H11ClN4/c1-17-12(14)9(6-16-17)7-4-10(13)8-2-3-15-11(8)5-7/h2-6,15H,14H2,1H3. The van der Waals surface area contributed by atoms with Gasteiger partial charge in [0.1, 0.15) is 5.82 Å². The molecular weight excluding hydrogens is 236 g/mol. The molecule has 0 aliphatic carbocycles. The lowest BCUT2D eigenvalue weighted by Gasteiger charge is -2.03. The highest BCUT2D eigenvalue weighted by Crippen LogP contribution is 2.32. The molecule has 3 N–H and O–H groups in total.